The number of nitrogens with zero attached hydrogens (tertiary/aromatic N) is 1. The zero-order valence-corrected chi connectivity index (χ0v) is 11.6. The van der Waals surface area contributed by atoms with Crippen molar-refractivity contribution in [2.75, 3.05) is 14.1 Å². The minimum absolute atomic E-state index is 0.302. The number of fused-ring (bicyclic) bond motifs is 2. The van der Waals surface area contributed by atoms with Gasteiger partial charge in [-0.1, -0.05) is 0 Å². The van der Waals surface area contributed by atoms with E-state index in [1.54, 1.807) is 0 Å². The minimum Gasteiger partial charge on any atom is -0.489 e. The van der Waals surface area contributed by atoms with Gasteiger partial charge >= 0.3 is 0 Å². The first-order valence-corrected chi connectivity index (χ1v) is 7.07. The molecule has 102 valence electrons. The van der Waals surface area contributed by atoms with Gasteiger partial charge in [-0.2, -0.15) is 0 Å². The van der Waals surface area contributed by atoms with Gasteiger partial charge in [0.15, 0.2) is 0 Å². The van der Waals surface area contributed by atoms with E-state index in [1.165, 1.54) is 19.3 Å². The van der Waals surface area contributed by atoms with Crippen LogP contribution in [0.15, 0.2) is 24.3 Å². The molecule has 2 fully saturated rings. The molecule has 19 heavy (non-hydrogen) atoms. The molecule has 0 saturated heterocycles. The number of carbonyl (C=O) groups excluding carboxylic acids is 1. The van der Waals surface area contributed by atoms with Gasteiger partial charge in [-0.05, 0) is 69.5 Å². The second kappa shape index (κ2) is 4.97. The van der Waals surface area contributed by atoms with Crippen molar-refractivity contribution in [3.05, 3.63) is 29.8 Å². The smallest absolute Gasteiger partial charge is 0.150 e. The van der Waals surface area contributed by atoms with Gasteiger partial charge in [0.1, 0.15) is 18.1 Å². The lowest BCUT2D eigenvalue weighted by Crippen LogP contribution is -2.46. The Kier molecular flexibility index (Phi) is 3.31. The average molecular weight is 259 g/mol. The predicted molar refractivity (Wildman–Crippen MR) is 74.6 cm³/mol. The Balaban J connectivity index is 1.75. The first-order chi connectivity index (χ1) is 9.19. The number of aldehydes is 1. The molecule has 1 aromatic carbocycles. The number of hydrogen-bond acceptors (Lipinski definition) is 3. The number of rotatable bonds is 4. The van der Waals surface area contributed by atoms with Gasteiger partial charge in [0.05, 0.1) is 0 Å². The molecule has 3 rings (SSSR count). The molecule has 0 radical (unpaired) electrons. The van der Waals surface area contributed by atoms with Crippen molar-refractivity contribution in [1.29, 1.82) is 0 Å². The number of benzene rings is 1. The van der Waals surface area contributed by atoms with Crippen LogP contribution in [0, 0.1) is 11.8 Å². The van der Waals surface area contributed by atoms with Gasteiger partial charge in [0.2, 0.25) is 0 Å². The molecule has 4 unspecified atom stereocenters. The molecule has 0 aliphatic heterocycles. The average Bonchev–Trinajstić information content (AvgIpc) is 3.00. The summed E-state index contributed by atoms with van der Waals surface area (Å²) in [7, 11) is 4.30. The van der Waals surface area contributed by atoms with E-state index in [1.807, 2.05) is 24.3 Å². The molecule has 3 nitrogen and oxygen atoms in total. The molecule has 1 aromatic rings. The van der Waals surface area contributed by atoms with Crippen LogP contribution in [0.4, 0.5) is 0 Å². The zero-order valence-electron chi connectivity index (χ0n) is 11.6. The SMILES string of the molecule is CN(C)C1C2CCC(C2)C1Oc1ccc(C=O)cc1. The summed E-state index contributed by atoms with van der Waals surface area (Å²) < 4.78 is 6.23. The summed E-state index contributed by atoms with van der Waals surface area (Å²) in [5.74, 6) is 2.37. The van der Waals surface area contributed by atoms with Crippen LogP contribution in [0.1, 0.15) is 29.6 Å². The van der Waals surface area contributed by atoms with Crippen LogP contribution in [0.25, 0.3) is 0 Å². The fourth-order valence-corrected chi connectivity index (χ4v) is 3.87. The Morgan fingerprint density at radius 1 is 1.16 bits per heavy atom. The van der Waals surface area contributed by atoms with E-state index in [-0.39, 0.29) is 0 Å². The maximum Gasteiger partial charge on any atom is 0.150 e. The van der Waals surface area contributed by atoms with Crippen LogP contribution in [0.3, 0.4) is 0 Å². The first-order valence-electron chi connectivity index (χ1n) is 7.07. The van der Waals surface area contributed by atoms with Gasteiger partial charge in [-0.3, -0.25) is 4.79 Å². The van der Waals surface area contributed by atoms with Crippen molar-refractivity contribution < 1.29 is 9.53 Å². The van der Waals surface area contributed by atoms with E-state index in [9.17, 15) is 4.79 Å². The van der Waals surface area contributed by atoms with Gasteiger partial charge in [0, 0.05) is 11.6 Å². The molecule has 2 bridgehead atoms. The van der Waals surface area contributed by atoms with Crippen LogP contribution in [0.5, 0.6) is 5.75 Å². The van der Waals surface area contributed by atoms with Gasteiger partial charge in [-0.25, -0.2) is 0 Å². The maximum atomic E-state index is 10.7. The summed E-state index contributed by atoms with van der Waals surface area (Å²) >= 11 is 0. The van der Waals surface area contributed by atoms with E-state index in [2.05, 4.69) is 19.0 Å². The van der Waals surface area contributed by atoms with Gasteiger partial charge in [0.25, 0.3) is 0 Å². The minimum atomic E-state index is 0.302. The lowest BCUT2D eigenvalue weighted by Gasteiger charge is -2.35. The lowest BCUT2D eigenvalue weighted by atomic mass is 9.91. The highest BCUT2D eigenvalue weighted by Gasteiger charge is 2.49. The fraction of sp³-hybridized carbons (Fsp3) is 0.562. The van der Waals surface area contributed by atoms with Crippen molar-refractivity contribution in [3.63, 3.8) is 0 Å². The Hall–Kier alpha value is -1.35. The van der Waals surface area contributed by atoms with E-state index >= 15 is 0 Å². The summed E-state index contributed by atoms with van der Waals surface area (Å²) in [4.78, 5) is 13.0. The quantitative estimate of drug-likeness (QED) is 0.778. The van der Waals surface area contributed by atoms with Crippen molar-refractivity contribution in [2.45, 2.75) is 31.4 Å². The topological polar surface area (TPSA) is 29.5 Å². The van der Waals surface area contributed by atoms with Gasteiger partial charge < -0.3 is 9.64 Å². The van der Waals surface area contributed by atoms with Crippen molar-refractivity contribution in [1.82, 2.24) is 4.90 Å². The monoisotopic (exact) mass is 259 g/mol. The highest BCUT2D eigenvalue weighted by Crippen LogP contribution is 2.47. The Bertz CT molecular complexity index is 454. The van der Waals surface area contributed by atoms with Crippen LogP contribution < -0.4 is 4.74 Å². The lowest BCUT2D eigenvalue weighted by molar-refractivity contribution is 0.0537. The molecule has 0 N–H and O–H groups in total. The Morgan fingerprint density at radius 2 is 1.84 bits per heavy atom. The molecular weight excluding hydrogens is 238 g/mol. The number of hydrogen-bond donors (Lipinski definition) is 0. The second-order valence-corrected chi connectivity index (χ2v) is 6.06. The molecule has 2 saturated carbocycles. The Morgan fingerprint density at radius 3 is 2.47 bits per heavy atom. The highest BCUT2D eigenvalue weighted by atomic mass is 16.5. The summed E-state index contributed by atoms with van der Waals surface area (Å²) in [6, 6.07) is 7.98. The molecule has 0 spiro atoms. The predicted octanol–water partition coefficient (Wildman–Crippen LogP) is 2.61. The van der Waals surface area contributed by atoms with E-state index < -0.39 is 0 Å². The van der Waals surface area contributed by atoms with Crippen LogP contribution in [-0.2, 0) is 0 Å². The zero-order chi connectivity index (χ0) is 13.4. The summed E-state index contributed by atoms with van der Waals surface area (Å²) in [5, 5.41) is 0. The fourth-order valence-electron chi connectivity index (χ4n) is 3.87. The van der Waals surface area contributed by atoms with Crippen molar-refractivity contribution in [3.8, 4) is 5.75 Å². The summed E-state index contributed by atoms with van der Waals surface area (Å²) in [5.41, 5.74) is 0.699. The van der Waals surface area contributed by atoms with Crippen molar-refractivity contribution >= 4 is 6.29 Å². The highest BCUT2D eigenvalue weighted by molar-refractivity contribution is 5.74. The maximum absolute atomic E-state index is 10.7. The summed E-state index contributed by atoms with van der Waals surface area (Å²) in [6.45, 7) is 0. The number of carbonyl (C=O) groups is 1. The summed E-state index contributed by atoms with van der Waals surface area (Å²) in [6.07, 6.45) is 5.11. The molecule has 0 aromatic heterocycles. The van der Waals surface area contributed by atoms with Crippen molar-refractivity contribution in [2.24, 2.45) is 11.8 Å². The third kappa shape index (κ3) is 2.27. The standard InChI is InChI=1S/C16H21NO2/c1-17(2)15-12-5-6-13(9-12)16(15)19-14-7-3-11(10-18)4-8-14/h3-4,7-8,10,12-13,15-16H,5-6,9H2,1-2H3. The number of likely N-dealkylation sites (N-methyl/N-ethyl adjacent to an activating group) is 1. The van der Waals surface area contributed by atoms with Gasteiger partial charge in [-0.15, -0.1) is 0 Å². The molecular formula is C16H21NO2. The molecule has 4 atom stereocenters. The Labute approximate surface area is 114 Å². The van der Waals surface area contributed by atoms with Crippen LogP contribution >= 0.6 is 0 Å². The first kappa shape index (κ1) is 12.7. The second-order valence-electron chi connectivity index (χ2n) is 6.06. The van der Waals surface area contributed by atoms with Crippen LogP contribution in [-0.4, -0.2) is 37.4 Å². The normalized spacial score (nSPS) is 32.8. The number of ether oxygens (including phenoxy) is 1. The van der Waals surface area contributed by atoms with Crippen LogP contribution in [0.2, 0.25) is 0 Å². The molecule has 0 amide bonds. The third-order valence-electron chi connectivity index (χ3n) is 4.68. The van der Waals surface area contributed by atoms with E-state index in [0.29, 0.717) is 23.6 Å². The molecule has 2 aliphatic rings. The molecule has 3 heteroatoms. The third-order valence-corrected chi connectivity index (χ3v) is 4.68. The van der Waals surface area contributed by atoms with E-state index in [4.69, 9.17) is 4.74 Å². The van der Waals surface area contributed by atoms with E-state index in [0.717, 1.165) is 18.0 Å². The largest absolute Gasteiger partial charge is 0.489 e. The molecule has 2 aliphatic carbocycles. The molecule has 0 heterocycles.